The van der Waals surface area contributed by atoms with E-state index in [-0.39, 0.29) is 30.3 Å². The lowest BCUT2D eigenvalue weighted by Crippen LogP contribution is -2.37. The van der Waals surface area contributed by atoms with Crippen molar-refractivity contribution in [2.45, 2.75) is 25.8 Å². The standard InChI is InChI=1S/C13H17N3O2.ClH/c1-8(7-14)15-13(18)10-2-4-11-9(6-10)3-5-12(17)16-11;/h2,4,6,8H,3,5,7,14H2,1H3,(H,15,18)(H,16,17);1H/t8-;/m0./s1. The van der Waals surface area contributed by atoms with Crippen LogP contribution in [0.5, 0.6) is 0 Å². The fraction of sp³-hybridized carbons (Fsp3) is 0.385. The summed E-state index contributed by atoms with van der Waals surface area (Å²) >= 11 is 0. The Hall–Kier alpha value is -1.59. The monoisotopic (exact) mass is 283 g/mol. The summed E-state index contributed by atoms with van der Waals surface area (Å²) in [6.07, 6.45) is 1.14. The highest BCUT2D eigenvalue weighted by molar-refractivity contribution is 5.98. The molecular formula is C13H18ClN3O2. The minimum Gasteiger partial charge on any atom is -0.348 e. The van der Waals surface area contributed by atoms with E-state index in [4.69, 9.17) is 5.73 Å². The SMILES string of the molecule is C[C@@H](CN)NC(=O)c1ccc2c(c1)CCC(=O)N2.Cl. The Morgan fingerprint density at radius 3 is 2.89 bits per heavy atom. The van der Waals surface area contributed by atoms with E-state index in [0.717, 1.165) is 11.3 Å². The van der Waals surface area contributed by atoms with Crippen molar-refractivity contribution in [1.82, 2.24) is 5.32 Å². The third-order valence-corrected chi connectivity index (χ3v) is 2.99. The molecule has 1 heterocycles. The number of carbonyl (C=O) groups is 2. The molecule has 6 heteroatoms. The van der Waals surface area contributed by atoms with Gasteiger partial charge in [-0.1, -0.05) is 0 Å². The molecule has 0 aromatic heterocycles. The molecule has 1 atom stereocenters. The number of anilines is 1. The van der Waals surface area contributed by atoms with Gasteiger partial charge in [-0.05, 0) is 37.1 Å². The highest BCUT2D eigenvalue weighted by Gasteiger charge is 2.17. The molecule has 0 fully saturated rings. The van der Waals surface area contributed by atoms with Crippen LogP contribution in [0.2, 0.25) is 0 Å². The predicted octanol–water partition coefficient (Wildman–Crippen LogP) is 1.07. The molecule has 4 N–H and O–H groups in total. The lowest BCUT2D eigenvalue weighted by molar-refractivity contribution is -0.116. The second-order valence-corrected chi connectivity index (χ2v) is 4.53. The molecule has 0 unspecified atom stereocenters. The van der Waals surface area contributed by atoms with Gasteiger partial charge >= 0.3 is 0 Å². The highest BCUT2D eigenvalue weighted by atomic mass is 35.5. The van der Waals surface area contributed by atoms with Crippen LogP contribution >= 0.6 is 12.4 Å². The number of hydrogen-bond acceptors (Lipinski definition) is 3. The van der Waals surface area contributed by atoms with Gasteiger partial charge in [-0.15, -0.1) is 12.4 Å². The summed E-state index contributed by atoms with van der Waals surface area (Å²) in [7, 11) is 0. The van der Waals surface area contributed by atoms with Crippen molar-refractivity contribution in [2.75, 3.05) is 11.9 Å². The van der Waals surface area contributed by atoms with Gasteiger partial charge in [0.1, 0.15) is 0 Å². The third-order valence-electron chi connectivity index (χ3n) is 2.99. The Balaban J connectivity index is 0.00000180. The Labute approximate surface area is 118 Å². The lowest BCUT2D eigenvalue weighted by Gasteiger charge is -2.18. The fourth-order valence-corrected chi connectivity index (χ4v) is 1.89. The first kappa shape index (κ1) is 15.5. The van der Waals surface area contributed by atoms with Crippen molar-refractivity contribution in [3.63, 3.8) is 0 Å². The summed E-state index contributed by atoms with van der Waals surface area (Å²) in [5.41, 5.74) is 7.87. The van der Waals surface area contributed by atoms with Gasteiger partial charge in [-0.3, -0.25) is 9.59 Å². The van der Waals surface area contributed by atoms with Crippen LogP contribution in [-0.2, 0) is 11.2 Å². The van der Waals surface area contributed by atoms with E-state index in [1.807, 2.05) is 13.0 Å². The van der Waals surface area contributed by atoms with Crippen molar-refractivity contribution in [1.29, 1.82) is 0 Å². The number of aryl methyl sites for hydroxylation is 1. The summed E-state index contributed by atoms with van der Waals surface area (Å²) in [5.74, 6) is -0.107. The molecule has 1 aliphatic rings. The molecule has 0 spiro atoms. The van der Waals surface area contributed by atoms with Gasteiger partial charge in [-0.25, -0.2) is 0 Å². The van der Waals surface area contributed by atoms with Crippen LogP contribution in [-0.4, -0.2) is 24.4 Å². The number of amides is 2. The number of nitrogens with one attached hydrogen (secondary N) is 2. The second-order valence-electron chi connectivity index (χ2n) is 4.53. The molecule has 1 aromatic rings. The number of halogens is 1. The molecule has 1 aromatic carbocycles. The molecular weight excluding hydrogens is 266 g/mol. The molecule has 1 aliphatic heterocycles. The van der Waals surface area contributed by atoms with Gasteiger partial charge in [0.25, 0.3) is 5.91 Å². The first-order valence-corrected chi connectivity index (χ1v) is 6.04. The summed E-state index contributed by atoms with van der Waals surface area (Å²) in [4.78, 5) is 23.1. The van der Waals surface area contributed by atoms with Crippen LogP contribution in [0.25, 0.3) is 0 Å². The van der Waals surface area contributed by atoms with Gasteiger partial charge in [0.15, 0.2) is 0 Å². The van der Waals surface area contributed by atoms with Crippen LogP contribution in [0, 0.1) is 0 Å². The number of rotatable bonds is 3. The van der Waals surface area contributed by atoms with Crippen LogP contribution < -0.4 is 16.4 Å². The van der Waals surface area contributed by atoms with Gasteiger partial charge in [0.05, 0.1) is 0 Å². The third kappa shape index (κ3) is 3.68. The number of fused-ring (bicyclic) bond motifs is 1. The van der Waals surface area contributed by atoms with E-state index < -0.39 is 0 Å². The largest absolute Gasteiger partial charge is 0.348 e. The molecule has 0 bridgehead atoms. The Morgan fingerprint density at radius 1 is 1.47 bits per heavy atom. The number of benzene rings is 1. The Morgan fingerprint density at radius 2 is 2.21 bits per heavy atom. The Bertz CT molecular complexity index is 491. The van der Waals surface area contributed by atoms with Gasteiger partial charge in [-0.2, -0.15) is 0 Å². The topological polar surface area (TPSA) is 84.2 Å². The zero-order valence-corrected chi connectivity index (χ0v) is 11.5. The zero-order chi connectivity index (χ0) is 13.1. The first-order valence-electron chi connectivity index (χ1n) is 6.04. The number of nitrogens with two attached hydrogens (primary N) is 1. The molecule has 2 rings (SSSR count). The lowest BCUT2D eigenvalue weighted by atomic mass is 10.00. The number of carbonyl (C=O) groups excluding carboxylic acids is 2. The molecule has 0 saturated heterocycles. The van der Waals surface area contributed by atoms with Gasteiger partial charge in [0.2, 0.25) is 5.91 Å². The Kier molecular flexibility index (Phi) is 5.32. The van der Waals surface area contributed by atoms with Crippen molar-refractivity contribution < 1.29 is 9.59 Å². The molecule has 5 nitrogen and oxygen atoms in total. The maximum atomic E-state index is 11.9. The molecule has 104 valence electrons. The van der Waals surface area contributed by atoms with E-state index in [1.54, 1.807) is 12.1 Å². The molecule has 0 radical (unpaired) electrons. The van der Waals surface area contributed by atoms with Crippen LogP contribution in [0.3, 0.4) is 0 Å². The van der Waals surface area contributed by atoms with E-state index in [1.165, 1.54) is 0 Å². The summed E-state index contributed by atoms with van der Waals surface area (Å²) < 4.78 is 0. The normalized spacial score (nSPS) is 14.7. The van der Waals surface area contributed by atoms with E-state index in [9.17, 15) is 9.59 Å². The fourth-order valence-electron chi connectivity index (χ4n) is 1.89. The average molecular weight is 284 g/mol. The smallest absolute Gasteiger partial charge is 0.251 e. The van der Waals surface area contributed by atoms with E-state index in [2.05, 4.69) is 10.6 Å². The molecule has 0 aliphatic carbocycles. The quantitative estimate of drug-likeness (QED) is 0.776. The van der Waals surface area contributed by atoms with Crippen molar-refractivity contribution in [3.8, 4) is 0 Å². The molecule has 19 heavy (non-hydrogen) atoms. The van der Waals surface area contributed by atoms with Crippen LogP contribution in [0.15, 0.2) is 18.2 Å². The maximum absolute atomic E-state index is 11.9. The average Bonchev–Trinajstić information content (AvgIpc) is 2.37. The van der Waals surface area contributed by atoms with Crippen molar-refractivity contribution >= 4 is 29.9 Å². The maximum Gasteiger partial charge on any atom is 0.251 e. The molecule has 0 saturated carbocycles. The first-order chi connectivity index (χ1) is 8.60. The van der Waals surface area contributed by atoms with Crippen molar-refractivity contribution in [2.24, 2.45) is 5.73 Å². The highest BCUT2D eigenvalue weighted by Crippen LogP contribution is 2.23. The minimum atomic E-state index is -0.132. The predicted molar refractivity (Wildman–Crippen MR) is 76.6 cm³/mol. The molecule has 2 amide bonds. The second kappa shape index (κ2) is 6.54. The summed E-state index contributed by atoms with van der Waals surface area (Å²) in [6, 6.07) is 5.26. The van der Waals surface area contributed by atoms with Crippen molar-refractivity contribution in [3.05, 3.63) is 29.3 Å². The zero-order valence-electron chi connectivity index (χ0n) is 10.7. The summed E-state index contributed by atoms with van der Waals surface area (Å²) in [5, 5.41) is 5.60. The summed E-state index contributed by atoms with van der Waals surface area (Å²) in [6.45, 7) is 2.27. The van der Waals surface area contributed by atoms with Gasteiger partial charge in [0, 0.05) is 30.3 Å². The van der Waals surface area contributed by atoms with Crippen LogP contribution in [0.4, 0.5) is 5.69 Å². The van der Waals surface area contributed by atoms with Crippen LogP contribution in [0.1, 0.15) is 29.3 Å². The van der Waals surface area contributed by atoms with E-state index >= 15 is 0 Å². The van der Waals surface area contributed by atoms with Gasteiger partial charge < -0.3 is 16.4 Å². The van der Waals surface area contributed by atoms with E-state index in [0.29, 0.717) is 24.9 Å². The minimum absolute atomic E-state index is 0. The number of hydrogen-bond donors (Lipinski definition) is 3.